The van der Waals surface area contributed by atoms with Crippen LogP contribution in [0.4, 0.5) is 0 Å². The normalized spacial score (nSPS) is 45.3. The summed E-state index contributed by atoms with van der Waals surface area (Å²) in [5.74, 6) is 0.527. The molecule has 1 heterocycles. The second-order valence-corrected chi connectivity index (χ2v) is 6.61. The van der Waals surface area contributed by atoms with Crippen LogP contribution in [0.3, 0.4) is 0 Å². The second kappa shape index (κ2) is 3.13. The summed E-state index contributed by atoms with van der Waals surface area (Å²) >= 11 is 0. The highest BCUT2D eigenvalue weighted by Gasteiger charge is 2.61. The Hall–Kier alpha value is -1.39. The van der Waals surface area contributed by atoms with E-state index in [1.54, 1.807) is 12.7 Å². The zero-order chi connectivity index (χ0) is 12.4. The van der Waals surface area contributed by atoms with Crippen LogP contribution in [0.15, 0.2) is 12.7 Å². The zero-order valence-corrected chi connectivity index (χ0v) is 10.2. The molecular formula is C13H17N3O2. The van der Waals surface area contributed by atoms with Gasteiger partial charge in [-0.3, -0.25) is 4.79 Å². The van der Waals surface area contributed by atoms with Gasteiger partial charge in [0.1, 0.15) is 12.7 Å². The lowest BCUT2D eigenvalue weighted by atomic mass is 9.47. The summed E-state index contributed by atoms with van der Waals surface area (Å²) < 4.78 is 1.95. The van der Waals surface area contributed by atoms with E-state index in [1.165, 1.54) is 6.42 Å². The lowest BCUT2D eigenvalue weighted by Crippen LogP contribution is -2.59. The molecule has 18 heavy (non-hydrogen) atoms. The number of carbonyl (C=O) groups is 1. The van der Waals surface area contributed by atoms with Crippen molar-refractivity contribution in [3.63, 3.8) is 0 Å². The molecule has 1 N–H and O–H groups in total. The van der Waals surface area contributed by atoms with Gasteiger partial charge in [-0.1, -0.05) is 0 Å². The van der Waals surface area contributed by atoms with Crippen LogP contribution >= 0.6 is 0 Å². The van der Waals surface area contributed by atoms with E-state index < -0.39 is 11.4 Å². The highest BCUT2D eigenvalue weighted by atomic mass is 16.4. The van der Waals surface area contributed by atoms with Crippen molar-refractivity contribution in [3.8, 4) is 0 Å². The highest BCUT2D eigenvalue weighted by Crippen LogP contribution is 2.64. The largest absolute Gasteiger partial charge is 0.481 e. The van der Waals surface area contributed by atoms with E-state index in [4.69, 9.17) is 0 Å². The molecule has 0 spiro atoms. The molecule has 4 saturated carbocycles. The van der Waals surface area contributed by atoms with E-state index >= 15 is 0 Å². The van der Waals surface area contributed by atoms with Gasteiger partial charge in [0.05, 0.1) is 11.0 Å². The van der Waals surface area contributed by atoms with Gasteiger partial charge in [-0.05, 0) is 50.4 Å². The molecule has 0 saturated heterocycles. The summed E-state index contributed by atoms with van der Waals surface area (Å²) in [5, 5.41) is 14.0. The number of carboxylic acid groups (broad SMARTS) is 1. The van der Waals surface area contributed by atoms with Gasteiger partial charge in [0, 0.05) is 0 Å². The lowest BCUT2D eigenvalue weighted by molar-refractivity contribution is -0.173. The van der Waals surface area contributed by atoms with Crippen molar-refractivity contribution in [2.75, 3.05) is 0 Å². The Labute approximate surface area is 105 Å². The fourth-order valence-corrected chi connectivity index (χ4v) is 5.19. The first-order chi connectivity index (χ1) is 8.62. The lowest BCUT2D eigenvalue weighted by Gasteiger charge is -2.60. The van der Waals surface area contributed by atoms with Crippen LogP contribution in [-0.2, 0) is 10.3 Å². The van der Waals surface area contributed by atoms with Gasteiger partial charge in [0.15, 0.2) is 0 Å². The Balaban J connectivity index is 1.81. The molecule has 0 aliphatic heterocycles. The number of carboxylic acids is 1. The first-order valence-corrected chi connectivity index (χ1v) is 6.70. The molecule has 4 aliphatic carbocycles. The summed E-state index contributed by atoms with van der Waals surface area (Å²) in [4.78, 5) is 15.8. The van der Waals surface area contributed by atoms with Gasteiger partial charge in [-0.25, -0.2) is 9.67 Å². The van der Waals surface area contributed by atoms with Crippen molar-refractivity contribution in [1.82, 2.24) is 14.8 Å². The minimum absolute atomic E-state index is 0.0705. The van der Waals surface area contributed by atoms with Crippen LogP contribution < -0.4 is 0 Å². The maximum Gasteiger partial charge on any atom is 0.309 e. The van der Waals surface area contributed by atoms with Crippen molar-refractivity contribution in [1.29, 1.82) is 0 Å². The van der Waals surface area contributed by atoms with Crippen LogP contribution in [0.1, 0.15) is 38.5 Å². The molecule has 4 aliphatic rings. The number of nitrogens with zero attached hydrogens (tertiary/aromatic N) is 3. The van der Waals surface area contributed by atoms with Gasteiger partial charge in [0.2, 0.25) is 0 Å². The molecular weight excluding hydrogens is 230 g/mol. The maximum absolute atomic E-state index is 11.7. The maximum atomic E-state index is 11.7. The van der Waals surface area contributed by atoms with Crippen LogP contribution in [0.25, 0.3) is 0 Å². The van der Waals surface area contributed by atoms with E-state index in [-0.39, 0.29) is 5.54 Å². The summed E-state index contributed by atoms with van der Waals surface area (Å²) in [6.45, 7) is 0. The molecule has 2 atom stereocenters. The van der Waals surface area contributed by atoms with E-state index in [9.17, 15) is 9.90 Å². The highest BCUT2D eigenvalue weighted by molar-refractivity contribution is 5.75. The molecule has 4 bridgehead atoms. The number of hydrogen-bond acceptors (Lipinski definition) is 3. The topological polar surface area (TPSA) is 68.0 Å². The van der Waals surface area contributed by atoms with E-state index in [1.807, 2.05) is 4.68 Å². The molecule has 1 aromatic heterocycles. The SMILES string of the molecule is O=C(O)C12CC3CC(C1)CC(n1cncn1)(C3)C2. The second-order valence-electron chi connectivity index (χ2n) is 6.61. The van der Waals surface area contributed by atoms with Crippen LogP contribution in [0.2, 0.25) is 0 Å². The average molecular weight is 247 g/mol. The number of aliphatic carboxylic acids is 1. The van der Waals surface area contributed by atoms with E-state index in [0.717, 1.165) is 32.1 Å². The van der Waals surface area contributed by atoms with Crippen molar-refractivity contribution in [2.24, 2.45) is 17.3 Å². The van der Waals surface area contributed by atoms with Crippen molar-refractivity contribution < 1.29 is 9.90 Å². The third kappa shape index (κ3) is 1.19. The van der Waals surface area contributed by atoms with Crippen molar-refractivity contribution >= 4 is 5.97 Å². The van der Waals surface area contributed by atoms with Crippen LogP contribution in [0.5, 0.6) is 0 Å². The van der Waals surface area contributed by atoms with Crippen LogP contribution in [0, 0.1) is 17.3 Å². The predicted molar refractivity (Wildman–Crippen MR) is 62.7 cm³/mol. The fourth-order valence-electron chi connectivity index (χ4n) is 5.19. The monoisotopic (exact) mass is 247 g/mol. The molecule has 0 amide bonds. The number of rotatable bonds is 2. The average Bonchev–Trinajstić information content (AvgIpc) is 2.80. The fraction of sp³-hybridized carbons (Fsp3) is 0.769. The summed E-state index contributed by atoms with van der Waals surface area (Å²) in [6, 6.07) is 0. The molecule has 5 rings (SSSR count). The third-order valence-corrected chi connectivity index (χ3v) is 5.39. The Kier molecular flexibility index (Phi) is 1.83. The molecule has 2 unspecified atom stereocenters. The molecule has 96 valence electrons. The minimum Gasteiger partial charge on any atom is -0.481 e. The number of aromatic nitrogens is 3. The first kappa shape index (κ1) is 10.5. The quantitative estimate of drug-likeness (QED) is 0.863. The molecule has 1 aromatic rings. The molecule has 4 fully saturated rings. The Morgan fingerprint density at radius 3 is 2.56 bits per heavy atom. The Morgan fingerprint density at radius 1 is 1.28 bits per heavy atom. The molecule has 5 heteroatoms. The number of hydrogen-bond donors (Lipinski definition) is 1. The first-order valence-electron chi connectivity index (χ1n) is 6.70. The Morgan fingerprint density at radius 2 is 2.00 bits per heavy atom. The smallest absolute Gasteiger partial charge is 0.309 e. The zero-order valence-electron chi connectivity index (χ0n) is 10.2. The minimum atomic E-state index is -0.596. The summed E-state index contributed by atoms with van der Waals surface area (Å²) in [7, 11) is 0. The van der Waals surface area contributed by atoms with Crippen molar-refractivity contribution in [3.05, 3.63) is 12.7 Å². The predicted octanol–water partition coefficient (Wildman–Crippen LogP) is 1.66. The molecule has 0 radical (unpaired) electrons. The van der Waals surface area contributed by atoms with E-state index in [2.05, 4.69) is 10.1 Å². The summed E-state index contributed by atoms with van der Waals surface area (Å²) in [5.41, 5.74) is -0.561. The van der Waals surface area contributed by atoms with Crippen molar-refractivity contribution in [2.45, 2.75) is 44.1 Å². The van der Waals surface area contributed by atoms with Gasteiger partial charge in [0.25, 0.3) is 0 Å². The molecule has 5 nitrogen and oxygen atoms in total. The molecule has 0 aromatic carbocycles. The van der Waals surface area contributed by atoms with Gasteiger partial charge in [-0.15, -0.1) is 0 Å². The Bertz CT molecular complexity index is 482. The summed E-state index contributed by atoms with van der Waals surface area (Å²) in [6.07, 6.45) is 9.19. The van der Waals surface area contributed by atoms with Gasteiger partial charge in [-0.2, -0.15) is 5.10 Å². The van der Waals surface area contributed by atoms with Crippen LogP contribution in [-0.4, -0.2) is 25.8 Å². The van der Waals surface area contributed by atoms with E-state index in [0.29, 0.717) is 11.8 Å². The third-order valence-electron chi connectivity index (χ3n) is 5.39. The van der Waals surface area contributed by atoms with Gasteiger partial charge >= 0.3 is 5.97 Å². The van der Waals surface area contributed by atoms with Gasteiger partial charge < -0.3 is 5.11 Å². The standard InChI is InChI=1S/C13H17N3O2/c17-11(18)12-2-9-1-10(3-12)5-13(4-9,6-12)16-8-14-7-15-16/h7-10H,1-6H2,(H,17,18).